The number of rotatable bonds is 10. The maximum atomic E-state index is 5.92. The second-order valence-electron chi connectivity index (χ2n) is 6.34. The first-order chi connectivity index (χ1) is 11.6. The minimum Gasteiger partial charge on any atom is -0.493 e. The average Bonchev–Trinajstić information content (AvgIpc) is 2.55. The van der Waals surface area contributed by atoms with Crippen LogP contribution in [0.25, 0.3) is 0 Å². The van der Waals surface area contributed by atoms with E-state index < -0.39 is 0 Å². The highest BCUT2D eigenvalue weighted by Gasteiger charge is 2.06. The van der Waals surface area contributed by atoms with Crippen LogP contribution < -0.4 is 15.4 Å². The molecule has 25 heavy (non-hydrogen) atoms. The Morgan fingerprint density at radius 2 is 1.96 bits per heavy atom. The quantitative estimate of drug-likeness (QED) is 0.240. The summed E-state index contributed by atoms with van der Waals surface area (Å²) < 4.78 is 11.0. The molecule has 0 radical (unpaired) electrons. The van der Waals surface area contributed by atoms with Crippen molar-refractivity contribution >= 4 is 29.9 Å². The van der Waals surface area contributed by atoms with Crippen molar-refractivity contribution in [3.63, 3.8) is 0 Å². The molecular weight excluding hydrogens is 429 g/mol. The van der Waals surface area contributed by atoms with Crippen molar-refractivity contribution in [3.8, 4) is 5.75 Å². The van der Waals surface area contributed by atoms with E-state index in [1.54, 1.807) is 14.2 Å². The summed E-state index contributed by atoms with van der Waals surface area (Å²) in [5.74, 6) is 2.43. The highest BCUT2D eigenvalue weighted by molar-refractivity contribution is 14.0. The van der Waals surface area contributed by atoms with Gasteiger partial charge in [-0.2, -0.15) is 0 Å². The van der Waals surface area contributed by atoms with Gasteiger partial charge in [-0.25, -0.2) is 0 Å². The van der Waals surface area contributed by atoms with E-state index in [0.29, 0.717) is 25.7 Å². The average molecular weight is 463 g/mol. The van der Waals surface area contributed by atoms with Crippen molar-refractivity contribution < 1.29 is 9.47 Å². The topological polar surface area (TPSA) is 54.9 Å². The van der Waals surface area contributed by atoms with Gasteiger partial charge in [-0.05, 0) is 30.9 Å². The lowest BCUT2D eigenvalue weighted by molar-refractivity contribution is 0.172. The van der Waals surface area contributed by atoms with Gasteiger partial charge in [-0.3, -0.25) is 4.99 Å². The Balaban J connectivity index is 0.00000576. The van der Waals surface area contributed by atoms with Crippen LogP contribution >= 0.6 is 24.0 Å². The molecule has 0 aliphatic rings. The number of aryl methyl sites for hydroxylation is 1. The van der Waals surface area contributed by atoms with Crippen LogP contribution in [0, 0.1) is 12.8 Å². The second-order valence-corrected chi connectivity index (χ2v) is 6.34. The minimum atomic E-state index is 0. The molecule has 0 amide bonds. The molecule has 6 heteroatoms. The summed E-state index contributed by atoms with van der Waals surface area (Å²) in [6.45, 7) is 9.49. The van der Waals surface area contributed by atoms with E-state index in [0.717, 1.165) is 36.7 Å². The Morgan fingerprint density at radius 3 is 2.60 bits per heavy atom. The zero-order chi connectivity index (χ0) is 17.8. The molecule has 0 spiro atoms. The van der Waals surface area contributed by atoms with Crippen LogP contribution in [-0.2, 0) is 11.3 Å². The van der Waals surface area contributed by atoms with Gasteiger partial charge in [0.1, 0.15) is 5.75 Å². The summed E-state index contributed by atoms with van der Waals surface area (Å²) >= 11 is 0. The minimum absolute atomic E-state index is 0. The predicted molar refractivity (Wildman–Crippen MR) is 116 cm³/mol. The Labute approximate surface area is 170 Å². The lowest BCUT2D eigenvalue weighted by Crippen LogP contribution is -2.37. The number of methoxy groups -OCH3 is 1. The molecule has 0 bridgehead atoms. The fraction of sp³-hybridized carbons (Fsp3) is 0.632. The molecule has 0 fully saturated rings. The van der Waals surface area contributed by atoms with Gasteiger partial charge >= 0.3 is 0 Å². The van der Waals surface area contributed by atoms with E-state index in [4.69, 9.17) is 9.47 Å². The van der Waals surface area contributed by atoms with E-state index >= 15 is 0 Å². The number of nitrogens with one attached hydrogen (secondary N) is 2. The normalized spacial score (nSPS) is 11.2. The van der Waals surface area contributed by atoms with Crippen molar-refractivity contribution in [1.82, 2.24) is 10.6 Å². The third-order valence-electron chi connectivity index (χ3n) is 3.66. The predicted octanol–water partition coefficient (Wildman–Crippen LogP) is 3.74. The summed E-state index contributed by atoms with van der Waals surface area (Å²) in [6.07, 6.45) is 2.01. The molecule has 0 unspecified atom stereocenters. The van der Waals surface area contributed by atoms with E-state index in [2.05, 4.69) is 54.6 Å². The summed E-state index contributed by atoms with van der Waals surface area (Å²) in [5.41, 5.74) is 2.32. The Morgan fingerprint density at radius 1 is 1.20 bits per heavy atom. The lowest BCUT2D eigenvalue weighted by Gasteiger charge is -2.16. The van der Waals surface area contributed by atoms with Gasteiger partial charge < -0.3 is 20.1 Å². The summed E-state index contributed by atoms with van der Waals surface area (Å²) in [6, 6.07) is 6.29. The zero-order valence-electron chi connectivity index (χ0n) is 16.2. The van der Waals surface area contributed by atoms with E-state index in [-0.39, 0.29) is 24.0 Å². The van der Waals surface area contributed by atoms with Gasteiger partial charge in [0.2, 0.25) is 0 Å². The molecule has 1 rings (SSSR count). The fourth-order valence-electron chi connectivity index (χ4n) is 2.21. The number of halogens is 1. The first-order valence-corrected chi connectivity index (χ1v) is 8.72. The fourth-order valence-corrected chi connectivity index (χ4v) is 2.21. The van der Waals surface area contributed by atoms with Crippen molar-refractivity contribution in [2.75, 3.05) is 33.9 Å². The highest BCUT2D eigenvalue weighted by Crippen LogP contribution is 2.20. The van der Waals surface area contributed by atoms with Crippen LogP contribution in [0.15, 0.2) is 23.2 Å². The van der Waals surface area contributed by atoms with E-state index in [1.807, 2.05) is 0 Å². The molecule has 1 aromatic carbocycles. The number of ether oxygens (including phenoxy) is 2. The Hall–Kier alpha value is -1.02. The molecule has 0 heterocycles. The van der Waals surface area contributed by atoms with Crippen molar-refractivity contribution in [2.45, 2.75) is 40.2 Å². The van der Waals surface area contributed by atoms with Crippen LogP contribution in [0.3, 0.4) is 0 Å². The number of nitrogens with zero attached hydrogens (tertiary/aromatic N) is 1. The molecule has 2 N–H and O–H groups in total. The molecular formula is C19H34IN3O2. The van der Waals surface area contributed by atoms with Crippen LogP contribution in [-0.4, -0.2) is 39.9 Å². The number of hydrogen-bond acceptors (Lipinski definition) is 3. The van der Waals surface area contributed by atoms with Crippen LogP contribution in [0.4, 0.5) is 0 Å². The molecule has 0 aliphatic heterocycles. The molecule has 1 aromatic rings. The number of guanidine groups is 1. The standard InChI is InChI=1S/C19H33N3O2.HI/c1-15(2)9-10-21-19(20-4)22-14-17-8-7-16(3)13-18(17)24-12-6-11-23-5;/h7-8,13,15H,6,9-12,14H2,1-5H3,(H2,20,21,22);1H. The SMILES string of the molecule is CN=C(NCCC(C)C)NCc1ccc(C)cc1OCCCOC.I. The maximum absolute atomic E-state index is 5.92. The van der Waals surface area contributed by atoms with Crippen LogP contribution in [0.5, 0.6) is 5.75 Å². The number of benzene rings is 1. The molecule has 5 nitrogen and oxygen atoms in total. The number of aliphatic imine (C=N–C) groups is 1. The van der Waals surface area contributed by atoms with Crippen LogP contribution in [0.1, 0.15) is 37.8 Å². The Kier molecular flexibility index (Phi) is 13.6. The summed E-state index contributed by atoms with van der Waals surface area (Å²) in [4.78, 5) is 4.27. The van der Waals surface area contributed by atoms with E-state index in [9.17, 15) is 0 Å². The summed E-state index contributed by atoms with van der Waals surface area (Å²) in [5, 5.41) is 6.70. The van der Waals surface area contributed by atoms with Gasteiger partial charge in [0.05, 0.1) is 6.61 Å². The van der Waals surface area contributed by atoms with E-state index in [1.165, 1.54) is 5.56 Å². The van der Waals surface area contributed by atoms with Gasteiger partial charge in [0, 0.05) is 45.8 Å². The monoisotopic (exact) mass is 463 g/mol. The largest absolute Gasteiger partial charge is 0.493 e. The lowest BCUT2D eigenvalue weighted by atomic mass is 10.1. The van der Waals surface area contributed by atoms with Crippen molar-refractivity contribution in [2.24, 2.45) is 10.9 Å². The second kappa shape index (κ2) is 14.2. The smallest absolute Gasteiger partial charge is 0.191 e. The van der Waals surface area contributed by atoms with Crippen LogP contribution in [0.2, 0.25) is 0 Å². The summed E-state index contributed by atoms with van der Waals surface area (Å²) in [7, 11) is 3.50. The molecule has 0 saturated heterocycles. The molecule has 0 aliphatic carbocycles. The van der Waals surface area contributed by atoms with Gasteiger partial charge in [-0.15, -0.1) is 24.0 Å². The van der Waals surface area contributed by atoms with Gasteiger partial charge in [0.25, 0.3) is 0 Å². The van der Waals surface area contributed by atoms with Gasteiger partial charge in [-0.1, -0.05) is 26.0 Å². The molecule has 0 atom stereocenters. The first-order valence-electron chi connectivity index (χ1n) is 8.72. The van der Waals surface area contributed by atoms with Crippen molar-refractivity contribution in [1.29, 1.82) is 0 Å². The maximum Gasteiger partial charge on any atom is 0.191 e. The number of hydrogen-bond donors (Lipinski definition) is 2. The Bertz CT molecular complexity index is 507. The van der Waals surface area contributed by atoms with Gasteiger partial charge in [0.15, 0.2) is 5.96 Å². The molecule has 0 saturated carbocycles. The molecule has 0 aromatic heterocycles. The third kappa shape index (κ3) is 10.5. The highest BCUT2D eigenvalue weighted by atomic mass is 127. The first kappa shape index (κ1) is 24.0. The zero-order valence-corrected chi connectivity index (χ0v) is 18.6. The third-order valence-corrected chi connectivity index (χ3v) is 3.66. The molecule has 144 valence electrons. The van der Waals surface area contributed by atoms with Crippen molar-refractivity contribution in [3.05, 3.63) is 29.3 Å².